The summed E-state index contributed by atoms with van der Waals surface area (Å²) < 4.78 is 11.3. The normalized spacial score (nSPS) is 14.6. The highest BCUT2D eigenvalue weighted by Gasteiger charge is 2.17. The number of hydrogen-bond acceptors (Lipinski definition) is 5. The molecule has 0 saturated heterocycles. The van der Waals surface area contributed by atoms with Crippen LogP contribution >= 0.6 is 0 Å². The molecule has 6 heteroatoms. The molecule has 2 aromatic carbocycles. The maximum absolute atomic E-state index is 12.3. The number of hydrogen-bond donors (Lipinski definition) is 1. The molecular weight excluding hydrogens is 318 g/mol. The Kier molecular flexibility index (Phi) is 4.35. The SMILES string of the molecule is O=C(CN1CCOc2ccccc2C1)NCc1nc2ccccc2o1. The van der Waals surface area contributed by atoms with Crippen LogP contribution in [0.4, 0.5) is 0 Å². The molecule has 0 unspecified atom stereocenters. The van der Waals surface area contributed by atoms with Gasteiger partial charge < -0.3 is 14.5 Å². The van der Waals surface area contributed by atoms with Gasteiger partial charge in [0.05, 0.1) is 13.1 Å². The first-order valence-electron chi connectivity index (χ1n) is 8.32. The van der Waals surface area contributed by atoms with Gasteiger partial charge in [-0.15, -0.1) is 0 Å². The summed E-state index contributed by atoms with van der Waals surface area (Å²) in [6.45, 7) is 2.60. The van der Waals surface area contributed by atoms with Crippen molar-refractivity contribution < 1.29 is 13.9 Å². The van der Waals surface area contributed by atoms with Gasteiger partial charge >= 0.3 is 0 Å². The van der Waals surface area contributed by atoms with Crippen LogP contribution in [0.25, 0.3) is 11.1 Å². The summed E-state index contributed by atoms with van der Waals surface area (Å²) in [5.74, 6) is 1.36. The van der Waals surface area contributed by atoms with Gasteiger partial charge in [-0.3, -0.25) is 9.69 Å². The van der Waals surface area contributed by atoms with Gasteiger partial charge in [0.2, 0.25) is 11.8 Å². The summed E-state index contributed by atoms with van der Waals surface area (Å²) in [6, 6.07) is 15.5. The number of benzene rings is 2. The van der Waals surface area contributed by atoms with Gasteiger partial charge in [-0.25, -0.2) is 4.98 Å². The third-order valence-corrected chi connectivity index (χ3v) is 4.17. The summed E-state index contributed by atoms with van der Waals surface area (Å²) >= 11 is 0. The van der Waals surface area contributed by atoms with Gasteiger partial charge in [0.1, 0.15) is 17.9 Å². The molecule has 2 heterocycles. The molecule has 0 atom stereocenters. The van der Waals surface area contributed by atoms with Crippen LogP contribution in [0.2, 0.25) is 0 Å². The molecule has 0 aliphatic carbocycles. The van der Waals surface area contributed by atoms with Crippen molar-refractivity contribution >= 4 is 17.0 Å². The van der Waals surface area contributed by atoms with E-state index in [0.717, 1.165) is 22.4 Å². The first-order valence-corrected chi connectivity index (χ1v) is 8.32. The first-order chi connectivity index (χ1) is 12.3. The van der Waals surface area contributed by atoms with Crippen molar-refractivity contribution in [3.63, 3.8) is 0 Å². The van der Waals surface area contributed by atoms with E-state index in [1.807, 2.05) is 48.5 Å². The first kappa shape index (κ1) is 15.7. The number of para-hydroxylation sites is 3. The zero-order chi connectivity index (χ0) is 17.1. The van der Waals surface area contributed by atoms with E-state index in [1.165, 1.54) is 0 Å². The molecule has 1 N–H and O–H groups in total. The monoisotopic (exact) mass is 337 g/mol. The Labute approximate surface area is 145 Å². The Hall–Kier alpha value is -2.86. The average Bonchev–Trinajstić information content (AvgIpc) is 2.93. The van der Waals surface area contributed by atoms with Gasteiger partial charge in [-0.2, -0.15) is 0 Å². The highest BCUT2D eigenvalue weighted by atomic mass is 16.5. The smallest absolute Gasteiger partial charge is 0.234 e. The molecule has 1 aliphatic heterocycles. The predicted octanol–water partition coefficient (Wildman–Crippen LogP) is 2.34. The Morgan fingerprint density at radius 3 is 2.92 bits per heavy atom. The van der Waals surface area contributed by atoms with Crippen molar-refractivity contribution in [2.24, 2.45) is 0 Å². The van der Waals surface area contributed by atoms with Crippen molar-refractivity contribution in [2.75, 3.05) is 19.7 Å². The topological polar surface area (TPSA) is 67.6 Å². The molecule has 1 aliphatic rings. The molecule has 0 radical (unpaired) electrons. The van der Waals surface area contributed by atoms with Gasteiger partial charge in [-0.1, -0.05) is 30.3 Å². The number of carbonyl (C=O) groups excluding carboxylic acids is 1. The van der Waals surface area contributed by atoms with Crippen LogP contribution in [0, 0.1) is 0 Å². The number of amides is 1. The summed E-state index contributed by atoms with van der Waals surface area (Å²) in [5, 5.41) is 2.87. The Morgan fingerprint density at radius 2 is 2.00 bits per heavy atom. The standard InChI is InChI=1S/C19H19N3O3/c23-18(20-11-19-21-15-6-2-4-8-17(15)25-19)13-22-9-10-24-16-7-3-1-5-14(16)12-22/h1-8H,9-13H2,(H,20,23). The van der Waals surface area contributed by atoms with Crippen LogP contribution < -0.4 is 10.1 Å². The summed E-state index contributed by atoms with van der Waals surface area (Å²) in [7, 11) is 0. The van der Waals surface area contributed by atoms with E-state index in [9.17, 15) is 4.79 Å². The molecular formula is C19H19N3O3. The number of rotatable bonds is 4. The minimum Gasteiger partial charge on any atom is -0.492 e. The number of oxazole rings is 1. The maximum Gasteiger partial charge on any atom is 0.234 e. The molecule has 128 valence electrons. The Balaban J connectivity index is 1.34. The third-order valence-electron chi connectivity index (χ3n) is 4.17. The summed E-state index contributed by atoms with van der Waals surface area (Å²) in [4.78, 5) is 18.7. The largest absolute Gasteiger partial charge is 0.492 e. The molecule has 0 bridgehead atoms. The van der Waals surface area contributed by atoms with Crippen LogP contribution in [0.3, 0.4) is 0 Å². The highest BCUT2D eigenvalue weighted by Crippen LogP contribution is 2.22. The number of carbonyl (C=O) groups is 1. The minimum atomic E-state index is -0.0540. The lowest BCUT2D eigenvalue weighted by atomic mass is 10.2. The lowest BCUT2D eigenvalue weighted by Gasteiger charge is -2.18. The van der Waals surface area contributed by atoms with Gasteiger partial charge in [0.25, 0.3) is 0 Å². The summed E-state index contributed by atoms with van der Waals surface area (Å²) in [5.41, 5.74) is 2.63. The van der Waals surface area contributed by atoms with Crippen molar-refractivity contribution in [1.82, 2.24) is 15.2 Å². The van der Waals surface area contributed by atoms with Gasteiger partial charge in [0.15, 0.2) is 5.58 Å². The van der Waals surface area contributed by atoms with E-state index in [0.29, 0.717) is 32.1 Å². The lowest BCUT2D eigenvalue weighted by Crippen LogP contribution is -2.37. The number of nitrogens with zero attached hydrogens (tertiary/aromatic N) is 2. The highest BCUT2D eigenvalue weighted by molar-refractivity contribution is 5.78. The van der Waals surface area contributed by atoms with Crippen molar-refractivity contribution in [3.05, 3.63) is 60.0 Å². The fourth-order valence-electron chi connectivity index (χ4n) is 2.94. The number of ether oxygens (including phenoxy) is 1. The molecule has 0 spiro atoms. The van der Waals surface area contributed by atoms with Crippen LogP contribution in [0.1, 0.15) is 11.5 Å². The van der Waals surface area contributed by atoms with Crippen LogP contribution in [-0.4, -0.2) is 35.5 Å². The zero-order valence-electron chi connectivity index (χ0n) is 13.8. The molecule has 0 saturated carbocycles. The Morgan fingerprint density at radius 1 is 1.16 bits per heavy atom. The second-order valence-electron chi connectivity index (χ2n) is 6.02. The second kappa shape index (κ2) is 6.94. The van der Waals surface area contributed by atoms with Crippen molar-refractivity contribution in [3.8, 4) is 5.75 Å². The third kappa shape index (κ3) is 3.64. The quantitative estimate of drug-likeness (QED) is 0.791. The van der Waals surface area contributed by atoms with E-state index < -0.39 is 0 Å². The van der Waals surface area contributed by atoms with Crippen LogP contribution in [-0.2, 0) is 17.9 Å². The van der Waals surface area contributed by atoms with E-state index in [-0.39, 0.29) is 12.5 Å². The van der Waals surface area contributed by atoms with Crippen LogP contribution in [0.15, 0.2) is 52.9 Å². The van der Waals surface area contributed by atoms with Crippen molar-refractivity contribution in [2.45, 2.75) is 13.1 Å². The maximum atomic E-state index is 12.3. The molecule has 1 aromatic heterocycles. The van der Waals surface area contributed by atoms with Gasteiger partial charge in [0, 0.05) is 18.7 Å². The molecule has 1 amide bonds. The fourth-order valence-corrected chi connectivity index (χ4v) is 2.94. The molecule has 0 fully saturated rings. The van der Waals surface area contributed by atoms with Crippen molar-refractivity contribution in [1.29, 1.82) is 0 Å². The number of fused-ring (bicyclic) bond motifs is 2. The molecule has 6 nitrogen and oxygen atoms in total. The lowest BCUT2D eigenvalue weighted by molar-refractivity contribution is -0.122. The molecule has 4 rings (SSSR count). The van der Waals surface area contributed by atoms with E-state index in [1.54, 1.807) is 0 Å². The van der Waals surface area contributed by atoms with Crippen LogP contribution in [0.5, 0.6) is 5.75 Å². The minimum absolute atomic E-state index is 0.0540. The fraction of sp³-hybridized carbons (Fsp3) is 0.263. The van der Waals surface area contributed by atoms with E-state index in [4.69, 9.17) is 9.15 Å². The summed E-state index contributed by atoms with van der Waals surface area (Å²) in [6.07, 6.45) is 0. The Bertz CT molecular complexity index is 857. The predicted molar refractivity (Wildman–Crippen MR) is 93.1 cm³/mol. The molecule has 25 heavy (non-hydrogen) atoms. The zero-order valence-corrected chi connectivity index (χ0v) is 13.8. The van der Waals surface area contributed by atoms with E-state index in [2.05, 4.69) is 15.2 Å². The van der Waals surface area contributed by atoms with E-state index >= 15 is 0 Å². The van der Waals surface area contributed by atoms with Gasteiger partial charge in [-0.05, 0) is 18.2 Å². The average molecular weight is 337 g/mol. The second-order valence-corrected chi connectivity index (χ2v) is 6.02. The number of nitrogens with one attached hydrogen (secondary N) is 1. The molecule has 3 aromatic rings. The number of aromatic nitrogens is 1.